The number of nitrogens with zero attached hydrogens (tertiary/aromatic N) is 2. The molecule has 3 aromatic rings. The molecule has 1 aromatic carbocycles. The average Bonchev–Trinajstić information content (AvgIpc) is 3.42. The van der Waals surface area contributed by atoms with Gasteiger partial charge in [-0.15, -0.1) is 5.10 Å². The third-order valence-electron chi connectivity index (χ3n) is 4.93. The Morgan fingerprint density at radius 3 is 2.60 bits per heavy atom. The van der Waals surface area contributed by atoms with E-state index in [1.165, 1.54) is 23.8 Å². The monoisotopic (exact) mass is 430 g/mol. The van der Waals surface area contributed by atoms with Crippen LogP contribution in [0.5, 0.6) is 0 Å². The van der Waals surface area contributed by atoms with Crippen LogP contribution in [-0.2, 0) is 4.79 Å². The van der Waals surface area contributed by atoms with Gasteiger partial charge in [-0.3, -0.25) is 9.59 Å². The van der Waals surface area contributed by atoms with Gasteiger partial charge in [-0.2, -0.15) is 0 Å². The molecule has 0 radical (unpaired) electrons. The van der Waals surface area contributed by atoms with Gasteiger partial charge in [0.2, 0.25) is 5.91 Å². The zero-order valence-electron chi connectivity index (χ0n) is 16.9. The SMILES string of the molecule is CCC(C)(C)NC(=O)C(c1ccccc1F)C(NC(=O)c1csnn1)c1ccco1. The summed E-state index contributed by atoms with van der Waals surface area (Å²) in [5.41, 5.74) is -0.255. The second kappa shape index (κ2) is 9.17. The lowest BCUT2D eigenvalue weighted by molar-refractivity contribution is -0.125. The number of hydrogen-bond donors (Lipinski definition) is 2. The van der Waals surface area contributed by atoms with Crippen LogP contribution in [0, 0.1) is 5.82 Å². The molecule has 2 N–H and O–H groups in total. The highest BCUT2D eigenvalue weighted by Gasteiger charge is 2.38. The number of carbonyl (C=O) groups excluding carboxylic acids is 2. The largest absolute Gasteiger partial charge is 0.467 e. The molecule has 2 heterocycles. The maximum Gasteiger partial charge on any atom is 0.273 e. The summed E-state index contributed by atoms with van der Waals surface area (Å²) in [5.74, 6) is -2.25. The highest BCUT2D eigenvalue weighted by Crippen LogP contribution is 2.34. The van der Waals surface area contributed by atoms with Gasteiger partial charge in [0.25, 0.3) is 5.91 Å². The van der Waals surface area contributed by atoms with Crippen molar-refractivity contribution in [3.8, 4) is 0 Å². The van der Waals surface area contributed by atoms with E-state index in [1.807, 2.05) is 20.8 Å². The summed E-state index contributed by atoms with van der Waals surface area (Å²) < 4.78 is 24.0. The van der Waals surface area contributed by atoms with Crippen LogP contribution in [0.3, 0.4) is 0 Å². The summed E-state index contributed by atoms with van der Waals surface area (Å²) in [6, 6.07) is 8.33. The van der Waals surface area contributed by atoms with Crippen LogP contribution in [-0.4, -0.2) is 26.9 Å². The Balaban J connectivity index is 2.05. The predicted molar refractivity (Wildman–Crippen MR) is 110 cm³/mol. The Bertz CT molecular complexity index is 990. The van der Waals surface area contributed by atoms with E-state index in [-0.39, 0.29) is 11.3 Å². The summed E-state index contributed by atoms with van der Waals surface area (Å²) in [6.07, 6.45) is 2.11. The second-order valence-corrected chi connectivity index (χ2v) is 8.09. The Kier molecular flexibility index (Phi) is 6.61. The van der Waals surface area contributed by atoms with E-state index >= 15 is 0 Å². The van der Waals surface area contributed by atoms with Crippen LogP contribution in [0.15, 0.2) is 52.5 Å². The molecule has 0 saturated carbocycles. The van der Waals surface area contributed by atoms with Crippen LogP contribution in [0.25, 0.3) is 0 Å². The van der Waals surface area contributed by atoms with E-state index in [4.69, 9.17) is 4.42 Å². The van der Waals surface area contributed by atoms with Gasteiger partial charge >= 0.3 is 0 Å². The third kappa shape index (κ3) is 4.91. The molecule has 0 aliphatic carbocycles. The summed E-state index contributed by atoms with van der Waals surface area (Å²) in [5, 5.41) is 11.0. The predicted octanol–water partition coefficient (Wildman–Crippen LogP) is 3.83. The molecule has 0 bridgehead atoms. The Morgan fingerprint density at radius 1 is 1.23 bits per heavy atom. The molecule has 2 unspecified atom stereocenters. The summed E-state index contributed by atoms with van der Waals surface area (Å²) >= 11 is 1.03. The molecule has 3 rings (SSSR count). The first-order chi connectivity index (χ1) is 14.3. The van der Waals surface area contributed by atoms with E-state index in [0.29, 0.717) is 12.2 Å². The number of benzene rings is 1. The molecule has 158 valence electrons. The standard InChI is InChI=1S/C21H23FN4O3S/c1-4-21(2,3)24-20(28)17(13-8-5-6-9-14(13)22)18(16-10-7-11-29-16)23-19(27)15-12-30-26-25-15/h5-12,17-18H,4H2,1-3H3,(H,23,27)(H,24,28). The van der Waals surface area contributed by atoms with Gasteiger partial charge in [0.05, 0.1) is 12.2 Å². The van der Waals surface area contributed by atoms with Gasteiger partial charge in [0.1, 0.15) is 17.6 Å². The number of furan rings is 1. The van der Waals surface area contributed by atoms with E-state index in [9.17, 15) is 14.0 Å². The van der Waals surface area contributed by atoms with Crippen molar-refractivity contribution in [1.29, 1.82) is 0 Å². The first kappa shape index (κ1) is 21.6. The molecule has 30 heavy (non-hydrogen) atoms. The van der Waals surface area contributed by atoms with Crippen molar-refractivity contribution in [2.45, 2.75) is 44.7 Å². The van der Waals surface area contributed by atoms with E-state index in [2.05, 4.69) is 20.2 Å². The normalized spacial score (nSPS) is 13.5. The zero-order valence-corrected chi connectivity index (χ0v) is 17.7. The van der Waals surface area contributed by atoms with Gasteiger partial charge in [-0.25, -0.2) is 4.39 Å². The number of rotatable bonds is 8. The van der Waals surface area contributed by atoms with Crippen molar-refractivity contribution in [2.24, 2.45) is 0 Å². The number of aromatic nitrogens is 2. The molecule has 9 heteroatoms. The highest BCUT2D eigenvalue weighted by molar-refractivity contribution is 7.03. The van der Waals surface area contributed by atoms with Gasteiger partial charge in [-0.1, -0.05) is 29.6 Å². The minimum absolute atomic E-state index is 0.109. The van der Waals surface area contributed by atoms with Crippen LogP contribution >= 0.6 is 11.5 Å². The van der Waals surface area contributed by atoms with Gasteiger partial charge < -0.3 is 15.1 Å². The summed E-state index contributed by atoms with van der Waals surface area (Å²) in [7, 11) is 0. The number of carbonyl (C=O) groups is 2. The fourth-order valence-corrected chi connectivity index (χ4v) is 3.40. The molecule has 2 atom stereocenters. The first-order valence-corrected chi connectivity index (χ1v) is 10.3. The molecule has 0 spiro atoms. The number of halogens is 1. The highest BCUT2D eigenvalue weighted by atomic mass is 32.1. The van der Waals surface area contributed by atoms with E-state index in [1.54, 1.807) is 24.3 Å². The zero-order chi connectivity index (χ0) is 21.7. The van der Waals surface area contributed by atoms with Crippen molar-refractivity contribution in [3.05, 3.63) is 70.9 Å². The Labute approximate surface area is 177 Å². The van der Waals surface area contributed by atoms with Crippen LogP contribution < -0.4 is 10.6 Å². The van der Waals surface area contributed by atoms with Crippen LogP contribution in [0.1, 0.15) is 61.0 Å². The number of amides is 2. The molecular weight excluding hydrogens is 407 g/mol. The average molecular weight is 431 g/mol. The van der Waals surface area contributed by atoms with Crippen molar-refractivity contribution in [2.75, 3.05) is 0 Å². The van der Waals surface area contributed by atoms with Crippen molar-refractivity contribution >= 4 is 23.3 Å². The third-order valence-corrected chi connectivity index (χ3v) is 5.44. The minimum Gasteiger partial charge on any atom is -0.467 e. The number of nitrogens with one attached hydrogen (secondary N) is 2. The lowest BCUT2D eigenvalue weighted by Crippen LogP contribution is -2.48. The summed E-state index contributed by atoms with van der Waals surface area (Å²) in [4.78, 5) is 26.1. The maximum absolute atomic E-state index is 14.8. The quantitative estimate of drug-likeness (QED) is 0.566. The van der Waals surface area contributed by atoms with Crippen LogP contribution in [0.4, 0.5) is 4.39 Å². The van der Waals surface area contributed by atoms with Crippen molar-refractivity contribution in [1.82, 2.24) is 20.2 Å². The topological polar surface area (TPSA) is 97.1 Å². The van der Waals surface area contributed by atoms with E-state index < -0.39 is 35.1 Å². The minimum atomic E-state index is -1.07. The smallest absolute Gasteiger partial charge is 0.273 e. The molecule has 0 aliphatic heterocycles. The molecule has 2 amide bonds. The lowest BCUT2D eigenvalue weighted by atomic mass is 9.87. The van der Waals surface area contributed by atoms with Crippen molar-refractivity contribution in [3.63, 3.8) is 0 Å². The molecule has 0 aliphatic rings. The Hall–Kier alpha value is -3.07. The first-order valence-electron chi connectivity index (χ1n) is 9.50. The number of hydrogen-bond acceptors (Lipinski definition) is 6. The fourth-order valence-electron chi connectivity index (χ4n) is 2.96. The molecule has 7 nitrogen and oxygen atoms in total. The maximum atomic E-state index is 14.8. The van der Waals surface area contributed by atoms with Gasteiger partial charge in [0, 0.05) is 16.5 Å². The summed E-state index contributed by atoms with van der Waals surface area (Å²) in [6.45, 7) is 5.70. The molecule has 2 aromatic heterocycles. The molecular formula is C21H23FN4O3S. The van der Waals surface area contributed by atoms with Gasteiger partial charge in [-0.05, 0) is 50.0 Å². The second-order valence-electron chi connectivity index (χ2n) is 7.48. The van der Waals surface area contributed by atoms with Crippen molar-refractivity contribution < 1.29 is 18.4 Å². The fraction of sp³-hybridized carbons (Fsp3) is 0.333. The molecule has 0 fully saturated rings. The lowest BCUT2D eigenvalue weighted by Gasteiger charge is -2.31. The van der Waals surface area contributed by atoms with E-state index in [0.717, 1.165) is 11.5 Å². The molecule has 0 saturated heterocycles. The van der Waals surface area contributed by atoms with Crippen LogP contribution in [0.2, 0.25) is 0 Å². The Morgan fingerprint density at radius 2 is 2.00 bits per heavy atom. The van der Waals surface area contributed by atoms with Gasteiger partial charge in [0.15, 0.2) is 5.69 Å².